The average Bonchev–Trinajstić information content (AvgIpc) is 3.31. The van der Waals surface area contributed by atoms with Crippen LogP contribution in [-0.2, 0) is 9.53 Å². The van der Waals surface area contributed by atoms with Crippen LogP contribution in [0, 0.1) is 12.7 Å². The van der Waals surface area contributed by atoms with Crippen molar-refractivity contribution in [1.82, 2.24) is 14.8 Å². The molecule has 4 atom stereocenters. The van der Waals surface area contributed by atoms with Gasteiger partial charge in [0.2, 0.25) is 0 Å². The first-order valence-electron chi connectivity index (χ1n) is 10.5. The van der Waals surface area contributed by atoms with E-state index in [0.29, 0.717) is 24.0 Å². The number of hydrogen-bond acceptors (Lipinski definition) is 4. The number of rotatable bonds is 2. The summed E-state index contributed by atoms with van der Waals surface area (Å²) < 4.78 is 35.5. The molecule has 2 amide bonds. The summed E-state index contributed by atoms with van der Waals surface area (Å²) in [6.45, 7) is 1.60. The molecule has 0 saturated carbocycles. The fourth-order valence-corrected chi connectivity index (χ4v) is 4.92. The zero-order chi connectivity index (χ0) is 21.8. The van der Waals surface area contributed by atoms with Gasteiger partial charge in [-0.05, 0) is 43.5 Å². The Bertz CT molecular complexity index is 1030. The molecule has 31 heavy (non-hydrogen) atoms. The minimum absolute atomic E-state index is 0.0891. The first kappa shape index (κ1) is 20.1. The Hall–Kier alpha value is -2.87. The van der Waals surface area contributed by atoms with Gasteiger partial charge in [0.05, 0.1) is 18.3 Å². The summed E-state index contributed by atoms with van der Waals surface area (Å²) in [5.74, 6) is -1.11. The highest BCUT2D eigenvalue weighted by Gasteiger charge is 2.63. The number of aryl methyl sites for hydroxylation is 1. The van der Waals surface area contributed by atoms with E-state index in [1.807, 2.05) is 6.07 Å². The number of aromatic nitrogens is 1. The molecular weight excluding hydrogens is 404 g/mol. The van der Waals surface area contributed by atoms with E-state index in [0.717, 1.165) is 0 Å². The second-order valence-electron chi connectivity index (χ2n) is 8.44. The summed E-state index contributed by atoms with van der Waals surface area (Å²) in [5, 5.41) is 0. The van der Waals surface area contributed by atoms with Crippen LogP contribution in [0.3, 0.4) is 0 Å². The highest BCUT2D eigenvalue weighted by molar-refractivity contribution is 5.95. The summed E-state index contributed by atoms with van der Waals surface area (Å²) in [4.78, 5) is 33.2. The summed E-state index contributed by atoms with van der Waals surface area (Å²) in [6, 6.07) is 9.69. The van der Waals surface area contributed by atoms with Crippen molar-refractivity contribution in [3.05, 3.63) is 65.2 Å². The Labute approximate surface area is 178 Å². The summed E-state index contributed by atoms with van der Waals surface area (Å²) in [5.41, 5.74) is -0.225. The summed E-state index contributed by atoms with van der Waals surface area (Å²) in [7, 11) is 0. The lowest BCUT2D eigenvalue weighted by Gasteiger charge is -2.40. The Kier molecular flexibility index (Phi) is 4.77. The molecule has 162 valence electrons. The Morgan fingerprint density at radius 2 is 2.03 bits per heavy atom. The first-order chi connectivity index (χ1) is 14.9. The molecule has 0 N–H and O–H groups in total. The van der Waals surface area contributed by atoms with Crippen molar-refractivity contribution in [2.75, 3.05) is 13.1 Å². The molecule has 3 fully saturated rings. The van der Waals surface area contributed by atoms with Crippen molar-refractivity contribution in [2.24, 2.45) is 0 Å². The maximum absolute atomic E-state index is 15.4. The molecule has 6 nitrogen and oxygen atoms in total. The standard InChI is InChI=1S/C23H23F2N3O3/c1-14-17(24)11-16(12-26-14)18-7-8-20-28(18)22(30)23(31-20)9-10-27(13-19(23)25)21(29)15-5-3-2-4-6-15/h2-6,11-12,18-20H,7-10,13H2,1H3. The summed E-state index contributed by atoms with van der Waals surface area (Å²) >= 11 is 0. The van der Waals surface area contributed by atoms with Gasteiger partial charge in [0, 0.05) is 24.7 Å². The summed E-state index contributed by atoms with van der Waals surface area (Å²) in [6.07, 6.45) is 0.625. The van der Waals surface area contributed by atoms with Gasteiger partial charge in [0.1, 0.15) is 12.0 Å². The van der Waals surface area contributed by atoms with Crippen LogP contribution < -0.4 is 0 Å². The van der Waals surface area contributed by atoms with Crippen LogP contribution in [0.25, 0.3) is 0 Å². The topological polar surface area (TPSA) is 62.7 Å². The van der Waals surface area contributed by atoms with Crippen LogP contribution in [0.2, 0.25) is 0 Å². The minimum atomic E-state index is -1.64. The number of fused-ring (bicyclic) bond motifs is 1. The molecule has 8 heteroatoms. The maximum atomic E-state index is 15.4. The number of carbonyl (C=O) groups excluding carboxylic acids is 2. The smallest absolute Gasteiger partial charge is 0.260 e. The quantitative estimate of drug-likeness (QED) is 0.739. The van der Waals surface area contributed by atoms with E-state index < -0.39 is 35.8 Å². The van der Waals surface area contributed by atoms with Gasteiger partial charge in [-0.25, -0.2) is 8.78 Å². The van der Waals surface area contributed by atoms with Gasteiger partial charge in [-0.3, -0.25) is 14.6 Å². The zero-order valence-corrected chi connectivity index (χ0v) is 17.1. The molecular formula is C23H23F2N3O3. The number of piperidine rings is 1. The molecule has 3 aliphatic rings. The fourth-order valence-electron chi connectivity index (χ4n) is 4.92. The number of hydrogen-bond donors (Lipinski definition) is 0. The van der Waals surface area contributed by atoms with E-state index >= 15 is 4.39 Å². The SMILES string of the molecule is Cc1ncc(C2CCC3OC4(CCN(C(=O)c5ccccc5)CC4F)C(=O)N32)cc1F. The van der Waals surface area contributed by atoms with Crippen LogP contribution in [-0.4, -0.2) is 57.7 Å². The molecule has 0 aliphatic carbocycles. The van der Waals surface area contributed by atoms with Gasteiger partial charge in [0.25, 0.3) is 11.8 Å². The third-order valence-corrected chi connectivity index (χ3v) is 6.65. The number of carbonyl (C=O) groups is 2. The lowest BCUT2D eigenvalue weighted by molar-refractivity contribution is -0.153. The maximum Gasteiger partial charge on any atom is 0.260 e. The molecule has 5 rings (SSSR count). The third kappa shape index (κ3) is 3.12. The van der Waals surface area contributed by atoms with E-state index in [4.69, 9.17) is 4.74 Å². The lowest BCUT2D eigenvalue weighted by atomic mass is 9.87. The number of amides is 2. The minimum Gasteiger partial charge on any atom is -0.339 e. The Morgan fingerprint density at radius 1 is 1.26 bits per heavy atom. The zero-order valence-electron chi connectivity index (χ0n) is 17.1. The Morgan fingerprint density at radius 3 is 2.74 bits per heavy atom. The van der Waals surface area contributed by atoms with E-state index in [9.17, 15) is 14.0 Å². The largest absolute Gasteiger partial charge is 0.339 e. The molecule has 4 heterocycles. The molecule has 1 spiro atoms. The Balaban J connectivity index is 1.35. The van der Waals surface area contributed by atoms with Crippen molar-refractivity contribution in [1.29, 1.82) is 0 Å². The molecule has 3 saturated heterocycles. The molecule has 1 aromatic heterocycles. The molecule has 1 aromatic carbocycles. The second-order valence-corrected chi connectivity index (χ2v) is 8.44. The first-order valence-corrected chi connectivity index (χ1v) is 10.5. The van der Waals surface area contributed by atoms with Crippen LogP contribution >= 0.6 is 0 Å². The van der Waals surface area contributed by atoms with Crippen LogP contribution in [0.5, 0.6) is 0 Å². The predicted molar refractivity (Wildman–Crippen MR) is 107 cm³/mol. The number of ether oxygens (including phenoxy) is 1. The van der Waals surface area contributed by atoms with Crippen LogP contribution in [0.1, 0.15) is 46.9 Å². The van der Waals surface area contributed by atoms with Crippen LogP contribution in [0.4, 0.5) is 8.78 Å². The highest BCUT2D eigenvalue weighted by atomic mass is 19.1. The van der Waals surface area contributed by atoms with E-state index in [1.165, 1.54) is 11.0 Å². The molecule has 0 bridgehead atoms. The number of benzene rings is 1. The van der Waals surface area contributed by atoms with Crippen molar-refractivity contribution in [3.8, 4) is 0 Å². The molecule has 0 radical (unpaired) electrons. The normalized spacial score (nSPS) is 30.2. The van der Waals surface area contributed by atoms with Gasteiger partial charge >= 0.3 is 0 Å². The van der Waals surface area contributed by atoms with Crippen LogP contribution in [0.15, 0.2) is 42.6 Å². The molecule has 4 unspecified atom stereocenters. The van der Waals surface area contributed by atoms with Crippen molar-refractivity contribution in [3.63, 3.8) is 0 Å². The number of halogens is 2. The number of nitrogens with zero attached hydrogens (tertiary/aromatic N) is 3. The van der Waals surface area contributed by atoms with Crippen molar-refractivity contribution >= 4 is 11.8 Å². The van der Waals surface area contributed by atoms with Gasteiger partial charge in [-0.1, -0.05) is 18.2 Å². The van der Waals surface area contributed by atoms with Crippen molar-refractivity contribution in [2.45, 2.75) is 50.2 Å². The number of likely N-dealkylation sites (tertiary alicyclic amines) is 1. The molecule has 3 aliphatic heterocycles. The van der Waals surface area contributed by atoms with Crippen molar-refractivity contribution < 1.29 is 23.1 Å². The predicted octanol–water partition coefficient (Wildman–Crippen LogP) is 3.17. The van der Waals surface area contributed by atoms with E-state index in [1.54, 1.807) is 42.3 Å². The number of alkyl halides is 1. The van der Waals surface area contributed by atoms with E-state index in [2.05, 4.69) is 4.98 Å². The van der Waals surface area contributed by atoms with Gasteiger partial charge < -0.3 is 14.5 Å². The number of pyridine rings is 1. The van der Waals surface area contributed by atoms with Gasteiger partial charge in [-0.15, -0.1) is 0 Å². The van der Waals surface area contributed by atoms with Gasteiger partial charge in [-0.2, -0.15) is 0 Å². The second kappa shape index (κ2) is 7.37. The highest BCUT2D eigenvalue weighted by Crippen LogP contribution is 2.48. The fraction of sp³-hybridized carbons (Fsp3) is 0.435. The average molecular weight is 427 g/mol. The van der Waals surface area contributed by atoms with E-state index in [-0.39, 0.29) is 31.1 Å². The van der Waals surface area contributed by atoms with Gasteiger partial charge in [0.15, 0.2) is 11.8 Å². The third-order valence-electron chi connectivity index (χ3n) is 6.65. The molecule has 2 aromatic rings. The monoisotopic (exact) mass is 427 g/mol. The lowest BCUT2D eigenvalue weighted by Crippen LogP contribution is -2.59.